The predicted octanol–water partition coefficient (Wildman–Crippen LogP) is 2.02. The molecule has 2 aromatic rings. The van der Waals surface area contributed by atoms with Crippen LogP contribution in [0.15, 0.2) is 65.7 Å². The van der Waals surface area contributed by atoms with Gasteiger partial charge in [0, 0.05) is 18.1 Å². The molecule has 4 atom stereocenters. The molecule has 2 aliphatic rings. The third kappa shape index (κ3) is 1.35. The van der Waals surface area contributed by atoms with E-state index in [0.717, 1.165) is 0 Å². The standard InChI is InChI=1S/C18H18N2/c1-13-18(16-11-7-4-8-12-16)17(19-14(2)20(13)18)15-9-5-3-6-10-15/h3-14H,1-2H3/p+1/t13-,14-,18-,20?/m1/s1. The minimum Gasteiger partial charge on any atom is -0.287 e. The summed E-state index contributed by atoms with van der Waals surface area (Å²) in [5.41, 5.74) is 4.00. The highest BCUT2D eigenvalue weighted by atomic mass is 15.5. The molecule has 20 heavy (non-hydrogen) atoms. The highest BCUT2D eigenvalue weighted by Gasteiger charge is 2.75. The number of benzene rings is 2. The van der Waals surface area contributed by atoms with Gasteiger partial charge in [-0.15, -0.1) is 0 Å². The lowest BCUT2D eigenvalue weighted by atomic mass is 9.87. The number of hydrogen-bond acceptors (Lipinski definition) is 1. The maximum Gasteiger partial charge on any atom is 0.220 e. The Bertz CT molecular complexity index is 662. The van der Waals surface area contributed by atoms with E-state index in [1.54, 1.807) is 4.90 Å². The summed E-state index contributed by atoms with van der Waals surface area (Å²) in [6.45, 7) is 4.57. The number of nitrogens with zero attached hydrogens (tertiary/aromatic N) is 1. The Morgan fingerprint density at radius 3 is 2.10 bits per heavy atom. The summed E-state index contributed by atoms with van der Waals surface area (Å²) in [7, 11) is 0. The van der Waals surface area contributed by atoms with E-state index in [-0.39, 0.29) is 5.54 Å². The Morgan fingerprint density at radius 2 is 1.50 bits per heavy atom. The summed E-state index contributed by atoms with van der Waals surface area (Å²) in [6.07, 6.45) is 0.348. The first kappa shape index (κ1) is 11.9. The Labute approximate surface area is 119 Å². The molecule has 100 valence electrons. The number of aliphatic imine (C=N–C) groups is 1. The van der Waals surface area contributed by atoms with Crippen LogP contribution in [0.4, 0.5) is 0 Å². The summed E-state index contributed by atoms with van der Waals surface area (Å²) in [5.74, 6) is 0. The monoisotopic (exact) mass is 263 g/mol. The summed E-state index contributed by atoms with van der Waals surface area (Å²) in [6, 6.07) is 22.1. The van der Waals surface area contributed by atoms with Crippen molar-refractivity contribution in [3.05, 3.63) is 71.8 Å². The van der Waals surface area contributed by atoms with Gasteiger partial charge in [0.05, 0.1) is 0 Å². The van der Waals surface area contributed by atoms with Gasteiger partial charge in [0.25, 0.3) is 0 Å². The van der Waals surface area contributed by atoms with Gasteiger partial charge >= 0.3 is 0 Å². The zero-order valence-corrected chi connectivity index (χ0v) is 11.9. The van der Waals surface area contributed by atoms with Crippen molar-refractivity contribution in [1.29, 1.82) is 0 Å². The molecule has 0 aliphatic carbocycles. The van der Waals surface area contributed by atoms with Crippen LogP contribution < -0.4 is 4.90 Å². The van der Waals surface area contributed by atoms with Crippen LogP contribution in [-0.2, 0) is 5.54 Å². The van der Waals surface area contributed by atoms with Crippen molar-refractivity contribution in [2.24, 2.45) is 4.99 Å². The second-order valence-corrected chi connectivity index (χ2v) is 5.87. The third-order valence-electron chi connectivity index (χ3n) is 4.91. The van der Waals surface area contributed by atoms with E-state index < -0.39 is 0 Å². The molecule has 0 amide bonds. The molecule has 0 bridgehead atoms. The lowest BCUT2D eigenvalue weighted by molar-refractivity contribution is -0.821. The number of rotatable bonds is 2. The molecule has 0 aromatic heterocycles. The molecule has 0 radical (unpaired) electrons. The summed E-state index contributed by atoms with van der Waals surface area (Å²) in [5, 5.41) is 0. The molecule has 0 spiro atoms. The minimum atomic E-state index is 0.0715. The lowest BCUT2D eigenvalue weighted by Gasteiger charge is -2.11. The van der Waals surface area contributed by atoms with Crippen molar-refractivity contribution in [1.82, 2.24) is 0 Å². The van der Waals surface area contributed by atoms with E-state index >= 15 is 0 Å². The molecular weight excluding hydrogens is 244 g/mol. The van der Waals surface area contributed by atoms with Gasteiger partial charge in [-0.2, -0.15) is 0 Å². The fourth-order valence-corrected chi connectivity index (χ4v) is 4.06. The smallest absolute Gasteiger partial charge is 0.220 e. The highest BCUT2D eigenvalue weighted by molar-refractivity contribution is 6.09. The van der Waals surface area contributed by atoms with Crippen molar-refractivity contribution < 1.29 is 4.90 Å². The van der Waals surface area contributed by atoms with Gasteiger partial charge in [-0.05, 0) is 6.92 Å². The molecule has 2 heterocycles. The molecule has 4 rings (SSSR count). The Hall–Kier alpha value is -1.93. The Morgan fingerprint density at radius 1 is 0.900 bits per heavy atom. The maximum absolute atomic E-state index is 4.97. The van der Waals surface area contributed by atoms with Crippen LogP contribution in [-0.4, -0.2) is 17.9 Å². The lowest BCUT2D eigenvalue weighted by Crippen LogP contribution is -3.00. The van der Waals surface area contributed by atoms with Crippen LogP contribution >= 0.6 is 0 Å². The largest absolute Gasteiger partial charge is 0.287 e. The van der Waals surface area contributed by atoms with Gasteiger partial charge < -0.3 is 0 Å². The van der Waals surface area contributed by atoms with E-state index in [2.05, 4.69) is 74.5 Å². The molecule has 2 heteroatoms. The molecule has 2 aromatic carbocycles. The van der Waals surface area contributed by atoms with Crippen LogP contribution in [0.25, 0.3) is 0 Å². The van der Waals surface area contributed by atoms with Crippen molar-refractivity contribution in [2.45, 2.75) is 31.6 Å². The van der Waals surface area contributed by atoms with E-state index in [1.807, 2.05) is 0 Å². The summed E-state index contributed by atoms with van der Waals surface area (Å²) >= 11 is 0. The normalized spacial score (nSPS) is 34.5. The van der Waals surface area contributed by atoms with Gasteiger partial charge in [0.15, 0.2) is 12.2 Å². The quantitative estimate of drug-likeness (QED) is 0.798. The van der Waals surface area contributed by atoms with Gasteiger partial charge in [-0.3, -0.25) is 4.90 Å². The number of quaternary nitrogens is 1. The molecule has 1 N–H and O–H groups in total. The fraction of sp³-hybridized carbons (Fsp3) is 0.278. The van der Waals surface area contributed by atoms with Gasteiger partial charge in [0.1, 0.15) is 5.71 Å². The average Bonchev–Trinajstić information content (AvgIpc) is 2.99. The number of hydrogen-bond donors (Lipinski definition) is 1. The van der Waals surface area contributed by atoms with Gasteiger partial charge in [0.2, 0.25) is 5.54 Å². The van der Waals surface area contributed by atoms with E-state index in [9.17, 15) is 0 Å². The van der Waals surface area contributed by atoms with E-state index in [0.29, 0.717) is 12.2 Å². The molecule has 2 aliphatic heterocycles. The summed E-state index contributed by atoms with van der Waals surface area (Å²) < 4.78 is 0. The SMILES string of the molecule is C[C@@H]1N=C(c2ccccc2)[C@]2(c3ccccc3)[C@@H](C)[NH+]12. The summed E-state index contributed by atoms with van der Waals surface area (Å²) in [4.78, 5) is 6.55. The van der Waals surface area contributed by atoms with Crippen LogP contribution in [0.5, 0.6) is 0 Å². The van der Waals surface area contributed by atoms with Crippen LogP contribution in [0, 0.1) is 0 Å². The van der Waals surface area contributed by atoms with Crippen molar-refractivity contribution in [2.75, 3.05) is 0 Å². The van der Waals surface area contributed by atoms with Crippen molar-refractivity contribution in [3.8, 4) is 0 Å². The van der Waals surface area contributed by atoms with E-state index in [1.165, 1.54) is 16.8 Å². The minimum absolute atomic E-state index is 0.0715. The van der Waals surface area contributed by atoms with Crippen molar-refractivity contribution in [3.63, 3.8) is 0 Å². The average molecular weight is 263 g/mol. The van der Waals surface area contributed by atoms with Crippen LogP contribution in [0.2, 0.25) is 0 Å². The second-order valence-electron chi connectivity index (χ2n) is 5.87. The zero-order chi connectivity index (χ0) is 13.7. The second kappa shape index (κ2) is 4.03. The zero-order valence-electron chi connectivity index (χ0n) is 11.9. The first-order chi connectivity index (χ1) is 9.76. The first-order valence-electron chi connectivity index (χ1n) is 7.32. The van der Waals surface area contributed by atoms with Crippen LogP contribution in [0.3, 0.4) is 0 Å². The third-order valence-corrected chi connectivity index (χ3v) is 4.91. The fourth-order valence-electron chi connectivity index (χ4n) is 4.06. The van der Waals surface area contributed by atoms with E-state index in [4.69, 9.17) is 4.99 Å². The molecule has 1 unspecified atom stereocenters. The highest BCUT2D eigenvalue weighted by Crippen LogP contribution is 2.39. The predicted molar refractivity (Wildman–Crippen MR) is 81.0 cm³/mol. The molecule has 0 saturated carbocycles. The number of nitrogens with one attached hydrogen (secondary N) is 1. The van der Waals surface area contributed by atoms with Gasteiger partial charge in [-0.25, -0.2) is 4.99 Å². The first-order valence-corrected chi connectivity index (χ1v) is 7.32. The van der Waals surface area contributed by atoms with Crippen LogP contribution in [0.1, 0.15) is 25.0 Å². The van der Waals surface area contributed by atoms with Gasteiger partial charge in [-0.1, -0.05) is 60.7 Å². The molecule has 1 saturated heterocycles. The molecule has 1 fully saturated rings. The topological polar surface area (TPSA) is 16.8 Å². The Kier molecular flexibility index (Phi) is 2.39. The maximum atomic E-state index is 4.97. The van der Waals surface area contributed by atoms with Crippen molar-refractivity contribution >= 4 is 5.71 Å². The Balaban J connectivity index is 1.88. The molecular formula is C18H19N2+. The molecule has 2 nitrogen and oxygen atoms in total. The number of fused-ring (bicyclic) bond motifs is 1.